The first-order valence-corrected chi connectivity index (χ1v) is 7.34. The van der Waals surface area contributed by atoms with Crippen molar-refractivity contribution >= 4 is 0 Å². The Morgan fingerprint density at radius 3 is 2.69 bits per heavy atom. The summed E-state index contributed by atoms with van der Waals surface area (Å²) in [5, 5.41) is 3.60. The van der Waals surface area contributed by atoms with Crippen LogP contribution in [0.3, 0.4) is 0 Å². The van der Waals surface area contributed by atoms with E-state index in [9.17, 15) is 0 Å². The molecule has 0 aromatic heterocycles. The van der Waals surface area contributed by atoms with Crippen LogP contribution >= 0.6 is 0 Å². The second-order valence-electron chi connectivity index (χ2n) is 5.68. The number of hydrogen-bond acceptors (Lipinski definition) is 2. The van der Waals surface area contributed by atoms with Gasteiger partial charge in [-0.15, -0.1) is 0 Å². The monoisotopic (exact) mass is 224 g/mol. The Morgan fingerprint density at radius 1 is 1.19 bits per heavy atom. The minimum absolute atomic E-state index is 0.837. The molecule has 0 radical (unpaired) electrons. The van der Waals surface area contributed by atoms with Gasteiger partial charge in [-0.25, -0.2) is 0 Å². The quantitative estimate of drug-likeness (QED) is 0.682. The maximum Gasteiger partial charge on any atom is 0.00680 e. The zero-order valence-electron chi connectivity index (χ0n) is 10.9. The molecule has 0 aromatic carbocycles. The van der Waals surface area contributed by atoms with Crippen molar-refractivity contribution in [2.75, 3.05) is 26.2 Å². The topological polar surface area (TPSA) is 15.3 Å². The van der Waals surface area contributed by atoms with E-state index >= 15 is 0 Å². The summed E-state index contributed by atoms with van der Waals surface area (Å²) < 4.78 is 0. The van der Waals surface area contributed by atoms with Crippen molar-refractivity contribution in [1.29, 1.82) is 0 Å². The van der Waals surface area contributed by atoms with Gasteiger partial charge in [0.15, 0.2) is 0 Å². The van der Waals surface area contributed by atoms with Gasteiger partial charge in [0.25, 0.3) is 0 Å². The second-order valence-corrected chi connectivity index (χ2v) is 5.68. The van der Waals surface area contributed by atoms with Crippen LogP contribution in [0.5, 0.6) is 0 Å². The van der Waals surface area contributed by atoms with Crippen LogP contribution in [0, 0.1) is 5.92 Å². The first-order chi connectivity index (χ1) is 7.88. The van der Waals surface area contributed by atoms with E-state index < -0.39 is 0 Å². The predicted molar refractivity (Wildman–Crippen MR) is 69.7 cm³/mol. The number of rotatable bonds is 8. The number of nitrogens with zero attached hydrogens (tertiary/aromatic N) is 1. The Balaban J connectivity index is 1.56. The van der Waals surface area contributed by atoms with Crippen molar-refractivity contribution in [2.45, 2.75) is 57.9 Å². The molecule has 0 bridgehead atoms. The van der Waals surface area contributed by atoms with Crippen LogP contribution in [0.15, 0.2) is 0 Å². The van der Waals surface area contributed by atoms with Gasteiger partial charge >= 0.3 is 0 Å². The van der Waals surface area contributed by atoms with Crippen molar-refractivity contribution in [1.82, 2.24) is 10.2 Å². The Morgan fingerprint density at radius 2 is 2.06 bits per heavy atom. The second kappa shape index (κ2) is 6.61. The van der Waals surface area contributed by atoms with Gasteiger partial charge in [-0.3, -0.25) is 0 Å². The summed E-state index contributed by atoms with van der Waals surface area (Å²) >= 11 is 0. The van der Waals surface area contributed by atoms with Gasteiger partial charge in [0.05, 0.1) is 0 Å². The first kappa shape index (κ1) is 12.4. The van der Waals surface area contributed by atoms with Crippen LogP contribution in [0.25, 0.3) is 0 Å². The molecule has 1 saturated carbocycles. The van der Waals surface area contributed by atoms with Crippen LogP contribution in [0.4, 0.5) is 0 Å². The zero-order valence-corrected chi connectivity index (χ0v) is 10.9. The molecule has 94 valence electrons. The van der Waals surface area contributed by atoms with E-state index in [1.165, 1.54) is 71.1 Å². The third-order valence-corrected chi connectivity index (χ3v) is 3.94. The van der Waals surface area contributed by atoms with Gasteiger partial charge in [0, 0.05) is 12.6 Å². The summed E-state index contributed by atoms with van der Waals surface area (Å²) in [6, 6.07) is 0.837. The van der Waals surface area contributed by atoms with E-state index in [-0.39, 0.29) is 0 Å². The van der Waals surface area contributed by atoms with E-state index in [0.717, 1.165) is 12.0 Å². The molecule has 1 unspecified atom stereocenters. The van der Waals surface area contributed by atoms with Crippen molar-refractivity contribution in [3.05, 3.63) is 0 Å². The van der Waals surface area contributed by atoms with Crippen LogP contribution in [0.1, 0.15) is 51.9 Å². The Kier molecular flexibility index (Phi) is 5.11. The molecule has 1 aliphatic heterocycles. The standard InChI is InChI=1S/C14H28N2/c1-2-10-16(12-13-7-8-13)11-4-6-14-5-3-9-15-14/h13-15H,2-12H2,1H3. The average Bonchev–Trinajstić information content (AvgIpc) is 2.93. The van der Waals surface area contributed by atoms with Crippen molar-refractivity contribution in [3.8, 4) is 0 Å². The summed E-state index contributed by atoms with van der Waals surface area (Å²) in [6.07, 6.45) is 9.89. The molecule has 2 rings (SSSR count). The molecule has 2 heteroatoms. The lowest BCUT2D eigenvalue weighted by atomic mass is 10.1. The van der Waals surface area contributed by atoms with E-state index in [4.69, 9.17) is 0 Å². The number of hydrogen-bond donors (Lipinski definition) is 1. The smallest absolute Gasteiger partial charge is 0.00680 e. The van der Waals surface area contributed by atoms with Gasteiger partial charge in [-0.2, -0.15) is 0 Å². The van der Waals surface area contributed by atoms with E-state index in [1.807, 2.05) is 0 Å². The molecular formula is C14H28N2. The molecule has 1 aliphatic carbocycles. The summed E-state index contributed by atoms with van der Waals surface area (Å²) in [7, 11) is 0. The summed E-state index contributed by atoms with van der Waals surface area (Å²) in [5.74, 6) is 1.05. The van der Waals surface area contributed by atoms with E-state index in [0.29, 0.717) is 0 Å². The fourth-order valence-corrected chi connectivity index (χ4v) is 2.84. The minimum atomic E-state index is 0.837. The highest BCUT2D eigenvalue weighted by molar-refractivity contribution is 4.78. The highest BCUT2D eigenvalue weighted by atomic mass is 15.1. The van der Waals surface area contributed by atoms with Crippen LogP contribution in [-0.2, 0) is 0 Å². The van der Waals surface area contributed by atoms with Crippen LogP contribution in [-0.4, -0.2) is 37.1 Å². The number of nitrogens with one attached hydrogen (secondary N) is 1. The molecule has 0 spiro atoms. The van der Waals surface area contributed by atoms with Crippen LogP contribution < -0.4 is 5.32 Å². The fraction of sp³-hybridized carbons (Fsp3) is 1.00. The summed E-state index contributed by atoms with van der Waals surface area (Å²) in [6.45, 7) is 7.59. The highest BCUT2D eigenvalue weighted by Gasteiger charge is 2.23. The van der Waals surface area contributed by atoms with Crippen LogP contribution in [0.2, 0.25) is 0 Å². The Labute approximate surface area is 101 Å². The van der Waals surface area contributed by atoms with Gasteiger partial charge in [-0.1, -0.05) is 6.92 Å². The van der Waals surface area contributed by atoms with E-state index in [1.54, 1.807) is 0 Å². The van der Waals surface area contributed by atoms with Crippen molar-refractivity contribution in [3.63, 3.8) is 0 Å². The molecule has 2 nitrogen and oxygen atoms in total. The predicted octanol–water partition coefficient (Wildman–Crippen LogP) is 2.64. The molecule has 0 amide bonds. The van der Waals surface area contributed by atoms with Gasteiger partial charge in [0.2, 0.25) is 0 Å². The molecule has 1 atom stereocenters. The lowest BCUT2D eigenvalue weighted by molar-refractivity contribution is 0.254. The van der Waals surface area contributed by atoms with Gasteiger partial charge in [0.1, 0.15) is 0 Å². The third-order valence-electron chi connectivity index (χ3n) is 3.94. The maximum atomic E-state index is 3.60. The lowest BCUT2D eigenvalue weighted by Crippen LogP contribution is -2.29. The van der Waals surface area contributed by atoms with E-state index in [2.05, 4.69) is 17.1 Å². The fourth-order valence-electron chi connectivity index (χ4n) is 2.84. The largest absolute Gasteiger partial charge is 0.314 e. The van der Waals surface area contributed by atoms with Gasteiger partial charge in [-0.05, 0) is 70.5 Å². The highest BCUT2D eigenvalue weighted by Crippen LogP contribution is 2.29. The molecular weight excluding hydrogens is 196 g/mol. The molecule has 2 aliphatic rings. The molecule has 1 N–H and O–H groups in total. The molecule has 1 saturated heterocycles. The lowest BCUT2D eigenvalue weighted by Gasteiger charge is -2.22. The third kappa shape index (κ3) is 4.42. The SMILES string of the molecule is CCCN(CCCC1CCCN1)CC1CC1. The zero-order chi connectivity index (χ0) is 11.2. The van der Waals surface area contributed by atoms with Gasteiger partial charge < -0.3 is 10.2 Å². The first-order valence-electron chi connectivity index (χ1n) is 7.34. The normalized spacial score (nSPS) is 25.5. The van der Waals surface area contributed by atoms with Crippen molar-refractivity contribution < 1.29 is 0 Å². The summed E-state index contributed by atoms with van der Waals surface area (Å²) in [4.78, 5) is 2.70. The maximum absolute atomic E-state index is 3.60. The molecule has 0 aromatic rings. The minimum Gasteiger partial charge on any atom is -0.314 e. The molecule has 1 heterocycles. The summed E-state index contributed by atoms with van der Waals surface area (Å²) in [5.41, 5.74) is 0. The Bertz CT molecular complexity index is 183. The van der Waals surface area contributed by atoms with Crippen molar-refractivity contribution in [2.24, 2.45) is 5.92 Å². The Hall–Kier alpha value is -0.0800. The molecule has 16 heavy (non-hydrogen) atoms. The molecule has 2 fully saturated rings. The average molecular weight is 224 g/mol.